The molecule has 1 aromatic heterocycles. The van der Waals surface area contributed by atoms with Crippen LogP contribution in [0.3, 0.4) is 0 Å². The minimum absolute atomic E-state index is 0. The lowest BCUT2D eigenvalue weighted by atomic mass is 10.0. The SMILES string of the molecule is COC(=O)CC(NC(=O)c1n[nH]c2c1CNCC2)c1ccc(SC)cc1.Cl. The van der Waals surface area contributed by atoms with Crippen molar-refractivity contribution < 1.29 is 14.3 Å². The van der Waals surface area contributed by atoms with E-state index in [1.54, 1.807) is 11.8 Å². The molecule has 1 aromatic carbocycles. The molecule has 2 heterocycles. The molecule has 0 fully saturated rings. The number of ether oxygens (including phenoxy) is 1. The van der Waals surface area contributed by atoms with E-state index >= 15 is 0 Å². The summed E-state index contributed by atoms with van der Waals surface area (Å²) in [5, 5.41) is 13.3. The van der Waals surface area contributed by atoms with Crippen molar-refractivity contribution in [2.45, 2.75) is 30.3 Å². The summed E-state index contributed by atoms with van der Waals surface area (Å²) in [5.74, 6) is -0.677. The number of benzene rings is 1. The van der Waals surface area contributed by atoms with Crippen molar-refractivity contribution in [3.8, 4) is 0 Å². The zero-order chi connectivity index (χ0) is 18.5. The molecule has 1 amide bonds. The number of thioether (sulfide) groups is 1. The first kappa shape index (κ1) is 21.3. The highest BCUT2D eigenvalue weighted by atomic mass is 35.5. The number of fused-ring (bicyclic) bond motifs is 1. The van der Waals surface area contributed by atoms with Crippen LogP contribution < -0.4 is 10.6 Å². The third kappa shape index (κ3) is 5.03. The predicted molar refractivity (Wildman–Crippen MR) is 106 cm³/mol. The molecule has 0 radical (unpaired) electrons. The summed E-state index contributed by atoms with van der Waals surface area (Å²) in [7, 11) is 1.34. The third-order valence-corrected chi connectivity index (χ3v) is 5.19. The molecule has 0 aliphatic carbocycles. The lowest BCUT2D eigenvalue weighted by molar-refractivity contribution is -0.141. The molecule has 3 rings (SSSR count). The molecule has 2 aromatic rings. The Hall–Kier alpha value is -2.03. The minimum atomic E-state index is -0.477. The van der Waals surface area contributed by atoms with Gasteiger partial charge in [0, 0.05) is 35.7 Å². The molecule has 0 saturated heterocycles. The molecule has 1 aliphatic heterocycles. The number of H-pyrrole nitrogens is 1. The van der Waals surface area contributed by atoms with Gasteiger partial charge in [-0.05, 0) is 24.0 Å². The molecule has 146 valence electrons. The van der Waals surface area contributed by atoms with E-state index in [9.17, 15) is 9.59 Å². The molecule has 1 unspecified atom stereocenters. The maximum absolute atomic E-state index is 12.8. The lowest BCUT2D eigenvalue weighted by Gasteiger charge is -2.19. The van der Waals surface area contributed by atoms with Crippen molar-refractivity contribution in [3.05, 3.63) is 46.8 Å². The van der Waals surface area contributed by atoms with Gasteiger partial charge in [-0.1, -0.05) is 12.1 Å². The Labute approximate surface area is 168 Å². The molecule has 0 saturated carbocycles. The maximum Gasteiger partial charge on any atom is 0.307 e. The van der Waals surface area contributed by atoms with Gasteiger partial charge in [0.05, 0.1) is 19.6 Å². The number of methoxy groups -OCH3 is 1. The number of esters is 1. The van der Waals surface area contributed by atoms with Crippen molar-refractivity contribution in [2.75, 3.05) is 19.9 Å². The fourth-order valence-electron chi connectivity index (χ4n) is 2.98. The first-order valence-corrected chi connectivity index (χ1v) is 9.63. The normalized spacial score (nSPS) is 13.9. The largest absolute Gasteiger partial charge is 0.469 e. The molecule has 1 aliphatic rings. The fraction of sp³-hybridized carbons (Fsp3) is 0.389. The Kier molecular flexibility index (Phi) is 7.70. The Bertz CT molecular complexity index is 794. The number of carbonyl (C=O) groups excluding carboxylic acids is 2. The smallest absolute Gasteiger partial charge is 0.307 e. The van der Waals surface area contributed by atoms with E-state index in [0.717, 1.165) is 34.7 Å². The van der Waals surface area contributed by atoms with Crippen LogP contribution in [-0.4, -0.2) is 42.0 Å². The quantitative estimate of drug-likeness (QED) is 0.499. The van der Waals surface area contributed by atoms with Crippen LogP contribution in [0.2, 0.25) is 0 Å². The van der Waals surface area contributed by atoms with Crippen LogP contribution in [0, 0.1) is 0 Å². The summed E-state index contributed by atoms with van der Waals surface area (Å²) < 4.78 is 4.78. The molecule has 9 heteroatoms. The van der Waals surface area contributed by atoms with E-state index in [1.807, 2.05) is 30.5 Å². The minimum Gasteiger partial charge on any atom is -0.469 e. The summed E-state index contributed by atoms with van der Waals surface area (Å²) in [6, 6.07) is 7.30. The van der Waals surface area contributed by atoms with Gasteiger partial charge in [-0.25, -0.2) is 0 Å². The van der Waals surface area contributed by atoms with Gasteiger partial charge in [0.25, 0.3) is 5.91 Å². The van der Waals surface area contributed by atoms with Crippen LogP contribution in [-0.2, 0) is 22.5 Å². The van der Waals surface area contributed by atoms with E-state index < -0.39 is 6.04 Å². The third-order valence-electron chi connectivity index (χ3n) is 4.44. The van der Waals surface area contributed by atoms with Crippen molar-refractivity contribution >= 4 is 36.0 Å². The van der Waals surface area contributed by atoms with Crippen LogP contribution in [0.5, 0.6) is 0 Å². The van der Waals surface area contributed by atoms with E-state index in [-0.39, 0.29) is 30.7 Å². The molecule has 0 bridgehead atoms. The van der Waals surface area contributed by atoms with Crippen LogP contribution in [0.15, 0.2) is 29.2 Å². The monoisotopic (exact) mass is 410 g/mol. The van der Waals surface area contributed by atoms with Crippen LogP contribution in [0.4, 0.5) is 0 Å². The van der Waals surface area contributed by atoms with Gasteiger partial charge in [-0.2, -0.15) is 5.10 Å². The van der Waals surface area contributed by atoms with Crippen molar-refractivity contribution in [2.24, 2.45) is 0 Å². The first-order chi connectivity index (χ1) is 12.6. The number of aromatic nitrogens is 2. The van der Waals surface area contributed by atoms with Crippen LogP contribution in [0.1, 0.15) is 39.8 Å². The summed E-state index contributed by atoms with van der Waals surface area (Å²) in [5.41, 5.74) is 3.11. The van der Waals surface area contributed by atoms with Gasteiger partial charge in [-0.15, -0.1) is 24.2 Å². The second-order valence-corrected chi connectivity index (χ2v) is 6.92. The highest BCUT2D eigenvalue weighted by Crippen LogP contribution is 2.23. The highest BCUT2D eigenvalue weighted by molar-refractivity contribution is 7.98. The van der Waals surface area contributed by atoms with E-state index in [2.05, 4.69) is 20.8 Å². The predicted octanol–water partition coefficient (Wildman–Crippen LogP) is 2.23. The van der Waals surface area contributed by atoms with Crippen LogP contribution >= 0.6 is 24.2 Å². The number of halogens is 1. The molecule has 27 heavy (non-hydrogen) atoms. The van der Waals surface area contributed by atoms with E-state index in [1.165, 1.54) is 7.11 Å². The summed E-state index contributed by atoms with van der Waals surface area (Å²) in [4.78, 5) is 25.7. The Morgan fingerprint density at radius 2 is 2.07 bits per heavy atom. The summed E-state index contributed by atoms with van der Waals surface area (Å²) in [6.45, 7) is 1.47. The molecular weight excluding hydrogens is 388 g/mol. The molecule has 1 atom stereocenters. The number of carbonyl (C=O) groups is 2. The van der Waals surface area contributed by atoms with Gasteiger partial charge in [0.15, 0.2) is 5.69 Å². The second-order valence-electron chi connectivity index (χ2n) is 6.04. The zero-order valence-corrected chi connectivity index (χ0v) is 16.8. The number of aromatic amines is 1. The number of nitrogens with zero attached hydrogens (tertiary/aromatic N) is 1. The van der Waals surface area contributed by atoms with Gasteiger partial charge in [-0.3, -0.25) is 14.7 Å². The van der Waals surface area contributed by atoms with Gasteiger partial charge < -0.3 is 15.4 Å². The number of hydrogen-bond donors (Lipinski definition) is 3. The average Bonchev–Trinajstić information content (AvgIpc) is 3.11. The van der Waals surface area contributed by atoms with Crippen molar-refractivity contribution in [1.82, 2.24) is 20.8 Å². The van der Waals surface area contributed by atoms with E-state index in [4.69, 9.17) is 4.74 Å². The van der Waals surface area contributed by atoms with E-state index in [0.29, 0.717) is 12.2 Å². The molecule has 0 spiro atoms. The summed E-state index contributed by atoms with van der Waals surface area (Å²) >= 11 is 1.63. The highest BCUT2D eigenvalue weighted by Gasteiger charge is 2.25. The molecule has 7 nitrogen and oxygen atoms in total. The number of nitrogens with one attached hydrogen (secondary N) is 3. The first-order valence-electron chi connectivity index (χ1n) is 8.40. The second kappa shape index (κ2) is 9.77. The van der Waals surface area contributed by atoms with Gasteiger partial charge in [0.2, 0.25) is 0 Å². The van der Waals surface area contributed by atoms with Crippen molar-refractivity contribution in [3.63, 3.8) is 0 Å². The van der Waals surface area contributed by atoms with Gasteiger partial charge >= 0.3 is 5.97 Å². The standard InChI is InChI=1S/C18H22N4O3S.ClH/c1-25-16(23)9-15(11-3-5-12(26-2)6-4-11)20-18(24)17-13-10-19-8-7-14(13)21-22-17;/h3-6,15,19H,7-10H2,1-2H3,(H,20,24)(H,21,22);1H. The Balaban J connectivity index is 0.00000261. The summed E-state index contributed by atoms with van der Waals surface area (Å²) in [6.07, 6.45) is 2.88. The maximum atomic E-state index is 12.8. The fourth-order valence-corrected chi connectivity index (χ4v) is 3.39. The number of amides is 1. The number of hydrogen-bond acceptors (Lipinski definition) is 6. The van der Waals surface area contributed by atoms with Crippen molar-refractivity contribution in [1.29, 1.82) is 0 Å². The Morgan fingerprint density at radius 1 is 1.33 bits per heavy atom. The topological polar surface area (TPSA) is 96.1 Å². The van der Waals surface area contributed by atoms with Crippen LogP contribution in [0.25, 0.3) is 0 Å². The Morgan fingerprint density at radius 3 is 2.74 bits per heavy atom. The van der Waals surface area contributed by atoms with Gasteiger partial charge in [0.1, 0.15) is 0 Å². The molecular formula is C18H23ClN4O3S. The zero-order valence-electron chi connectivity index (χ0n) is 15.2. The lowest BCUT2D eigenvalue weighted by Crippen LogP contribution is -2.32. The average molecular weight is 411 g/mol. The molecule has 3 N–H and O–H groups in total. The number of rotatable bonds is 6.